The van der Waals surface area contributed by atoms with Crippen molar-refractivity contribution < 1.29 is 0 Å². The molecular formula is C8H16N2Si. The van der Waals surface area contributed by atoms with E-state index in [9.17, 15) is 0 Å². The number of aromatic nitrogens is 2. The largest absolute Gasteiger partial charge is 0.283 e. The monoisotopic (exact) mass is 168 g/mol. The molecular weight excluding hydrogens is 152 g/mol. The van der Waals surface area contributed by atoms with Gasteiger partial charge < -0.3 is 0 Å². The highest BCUT2D eigenvalue weighted by atomic mass is 28.3. The number of nitrogens with zero attached hydrogens (tertiary/aromatic N) is 1. The van der Waals surface area contributed by atoms with E-state index < -0.39 is 8.07 Å². The summed E-state index contributed by atoms with van der Waals surface area (Å²) in [7, 11) is -1.17. The molecule has 0 spiro atoms. The third-order valence-electron chi connectivity index (χ3n) is 1.78. The summed E-state index contributed by atoms with van der Waals surface area (Å²) in [5.41, 5.74) is 1.25. The van der Waals surface area contributed by atoms with E-state index in [0.717, 1.165) is 6.42 Å². The van der Waals surface area contributed by atoms with Crippen molar-refractivity contribution in [1.29, 1.82) is 0 Å². The Morgan fingerprint density at radius 1 is 1.45 bits per heavy atom. The zero-order chi connectivity index (χ0) is 8.48. The maximum Gasteiger partial charge on any atom is 0.104 e. The van der Waals surface area contributed by atoms with Crippen molar-refractivity contribution in [1.82, 2.24) is 10.2 Å². The first-order valence-corrected chi connectivity index (χ1v) is 7.59. The van der Waals surface area contributed by atoms with Gasteiger partial charge in [-0.2, -0.15) is 5.10 Å². The lowest BCUT2D eigenvalue weighted by Gasteiger charge is -2.10. The SMILES string of the molecule is CCc1cc([Si](C)(C)C)n[nH]1. The van der Waals surface area contributed by atoms with Crippen LogP contribution in [0.1, 0.15) is 12.6 Å². The molecule has 0 saturated carbocycles. The topological polar surface area (TPSA) is 28.7 Å². The number of rotatable bonds is 2. The fourth-order valence-corrected chi connectivity index (χ4v) is 1.93. The van der Waals surface area contributed by atoms with Crippen LogP contribution in [-0.4, -0.2) is 18.3 Å². The summed E-state index contributed by atoms with van der Waals surface area (Å²) in [4.78, 5) is 0. The molecule has 0 aliphatic carbocycles. The highest BCUT2D eigenvalue weighted by Gasteiger charge is 2.19. The summed E-state index contributed by atoms with van der Waals surface area (Å²) in [6, 6.07) is 2.20. The fourth-order valence-electron chi connectivity index (χ4n) is 0.927. The lowest BCUT2D eigenvalue weighted by molar-refractivity contribution is 0.979. The zero-order valence-corrected chi connectivity index (χ0v) is 8.73. The molecule has 62 valence electrons. The molecule has 0 bridgehead atoms. The van der Waals surface area contributed by atoms with E-state index in [2.05, 4.69) is 42.8 Å². The molecule has 0 aromatic carbocycles. The van der Waals surface area contributed by atoms with Gasteiger partial charge >= 0.3 is 0 Å². The molecule has 0 aliphatic rings. The van der Waals surface area contributed by atoms with Crippen LogP contribution in [0.3, 0.4) is 0 Å². The molecule has 1 aromatic heterocycles. The van der Waals surface area contributed by atoms with Crippen molar-refractivity contribution in [2.24, 2.45) is 0 Å². The average Bonchev–Trinajstić information content (AvgIpc) is 2.32. The lowest BCUT2D eigenvalue weighted by Crippen LogP contribution is -2.38. The van der Waals surface area contributed by atoms with Gasteiger partial charge in [-0.25, -0.2) is 0 Å². The van der Waals surface area contributed by atoms with Gasteiger partial charge in [0.05, 0.1) is 0 Å². The summed E-state index contributed by atoms with van der Waals surface area (Å²) in [5.74, 6) is 0. The van der Waals surface area contributed by atoms with Gasteiger partial charge in [-0.05, 0) is 12.5 Å². The summed E-state index contributed by atoms with van der Waals surface area (Å²) < 4.78 is 0. The second kappa shape index (κ2) is 2.81. The second-order valence-corrected chi connectivity index (χ2v) is 8.89. The van der Waals surface area contributed by atoms with Gasteiger partial charge in [0.1, 0.15) is 8.07 Å². The minimum absolute atomic E-state index is 1.05. The van der Waals surface area contributed by atoms with Crippen LogP contribution in [0.2, 0.25) is 19.6 Å². The Morgan fingerprint density at radius 3 is 2.36 bits per heavy atom. The molecule has 0 fully saturated rings. The maximum absolute atomic E-state index is 4.30. The first-order chi connectivity index (χ1) is 5.04. The van der Waals surface area contributed by atoms with E-state index in [1.165, 1.54) is 11.0 Å². The van der Waals surface area contributed by atoms with Gasteiger partial charge in [-0.15, -0.1) is 0 Å². The molecule has 0 radical (unpaired) electrons. The van der Waals surface area contributed by atoms with Crippen LogP contribution < -0.4 is 5.32 Å². The summed E-state index contributed by atoms with van der Waals surface area (Å²) in [6.45, 7) is 9.06. The van der Waals surface area contributed by atoms with Gasteiger partial charge in [-0.1, -0.05) is 26.6 Å². The first kappa shape index (κ1) is 8.52. The van der Waals surface area contributed by atoms with Crippen LogP contribution in [0, 0.1) is 0 Å². The predicted octanol–water partition coefficient (Wildman–Crippen LogP) is 1.52. The Morgan fingerprint density at radius 2 is 2.09 bits per heavy atom. The summed E-state index contributed by atoms with van der Waals surface area (Å²) in [6.07, 6.45) is 1.05. The van der Waals surface area contributed by atoms with Crippen molar-refractivity contribution >= 4 is 13.4 Å². The Hall–Kier alpha value is -0.573. The van der Waals surface area contributed by atoms with E-state index in [-0.39, 0.29) is 0 Å². The number of aryl methyl sites for hydroxylation is 1. The molecule has 3 heteroatoms. The molecule has 0 aliphatic heterocycles. The van der Waals surface area contributed by atoms with Crippen LogP contribution >= 0.6 is 0 Å². The number of aromatic amines is 1. The van der Waals surface area contributed by atoms with E-state index in [1.807, 2.05) is 0 Å². The number of hydrogen-bond donors (Lipinski definition) is 1. The van der Waals surface area contributed by atoms with Crippen LogP contribution in [0.15, 0.2) is 6.07 Å². The van der Waals surface area contributed by atoms with Gasteiger partial charge in [0.15, 0.2) is 0 Å². The number of hydrogen-bond acceptors (Lipinski definition) is 1. The lowest BCUT2D eigenvalue weighted by atomic mass is 10.3. The van der Waals surface area contributed by atoms with E-state index in [0.29, 0.717) is 0 Å². The fraction of sp³-hybridized carbons (Fsp3) is 0.625. The standard InChI is InChI=1S/C8H16N2Si/c1-5-7-6-8(10-9-7)11(2,3)4/h6H,5H2,1-4H3,(H,9,10). The van der Waals surface area contributed by atoms with E-state index in [4.69, 9.17) is 0 Å². The molecule has 0 amide bonds. The number of nitrogens with one attached hydrogen (secondary N) is 1. The molecule has 2 nitrogen and oxygen atoms in total. The minimum atomic E-state index is -1.17. The molecule has 0 atom stereocenters. The highest BCUT2D eigenvalue weighted by Crippen LogP contribution is 2.01. The Balaban J connectivity index is 2.89. The Kier molecular flexibility index (Phi) is 2.18. The van der Waals surface area contributed by atoms with Crippen molar-refractivity contribution in [2.45, 2.75) is 33.0 Å². The normalized spacial score (nSPS) is 12.0. The van der Waals surface area contributed by atoms with Crippen molar-refractivity contribution in [3.05, 3.63) is 11.8 Å². The molecule has 1 heterocycles. The molecule has 0 unspecified atom stereocenters. The predicted molar refractivity (Wildman–Crippen MR) is 50.9 cm³/mol. The van der Waals surface area contributed by atoms with E-state index in [1.54, 1.807) is 0 Å². The smallest absolute Gasteiger partial charge is 0.104 e. The van der Waals surface area contributed by atoms with Crippen LogP contribution in [0.4, 0.5) is 0 Å². The number of H-pyrrole nitrogens is 1. The van der Waals surface area contributed by atoms with Gasteiger partial charge in [0, 0.05) is 11.0 Å². The quantitative estimate of drug-likeness (QED) is 0.666. The third kappa shape index (κ3) is 1.93. The average molecular weight is 168 g/mol. The van der Waals surface area contributed by atoms with Crippen molar-refractivity contribution in [2.75, 3.05) is 0 Å². The van der Waals surface area contributed by atoms with E-state index >= 15 is 0 Å². The van der Waals surface area contributed by atoms with Gasteiger partial charge in [0.25, 0.3) is 0 Å². The van der Waals surface area contributed by atoms with Gasteiger partial charge in [0.2, 0.25) is 0 Å². The summed E-state index contributed by atoms with van der Waals surface area (Å²) in [5, 5.41) is 8.63. The maximum atomic E-state index is 4.30. The van der Waals surface area contributed by atoms with Crippen molar-refractivity contribution in [3.8, 4) is 0 Å². The van der Waals surface area contributed by atoms with Crippen LogP contribution in [0.25, 0.3) is 0 Å². The summed E-state index contributed by atoms with van der Waals surface area (Å²) >= 11 is 0. The van der Waals surface area contributed by atoms with Gasteiger partial charge in [-0.3, -0.25) is 5.10 Å². The minimum Gasteiger partial charge on any atom is -0.283 e. The zero-order valence-electron chi connectivity index (χ0n) is 7.73. The van der Waals surface area contributed by atoms with Crippen LogP contribution in [-0.2, 0) is 6.42 Å². The molecule has 1 aromatic rings. The van der Waals surface area contributed by atoms with Crippen LogP contribution in [0.5, 0.6) is 0 Å². The third-order valence-corrected chi connectivity index (χ3v) is 3.57. The second-order valence-electron chi connectivity index (χ2n) is 3.88. The molecule has 1 rings (SSSR count). The highest BCUT2D eigenvalue weighted by molar-refractivity contribution is 6.88. The van der Waals surface area contributed by atoms with Crippen molar-refractivity contribution in [3.63, 3.8) is 0 Å². The molecule has 0 saturated heterocycles. The Labute approximate surface area is 69.0 Å². The first-order valence-electron chi connectivity index (χ1n) is 4.09. The molecule has 1 N–H and O–H groups in total. The Bertz CT molecular complexity index is 234. The molecule has 11 heavy (non-hydrogen) atoms.